The normalized spacial score (nSPS) is 12.2. The average molecular weight is 225 g/mol. The van der Waals surface area contributed by atoms with Gasteiger partial charge in [0.25, 0.3) is 0 Å². The molecular formula is C12H19NO3. The Balaban J connectivity index is 3.09. The third-order valence-corrected chi connectivity index (χ3v) is 2.44. The van der Waals surface area contributed by atoms with Crippen molar-refractivity contribution >= 4 is 0 Å². The van der Waals surface area contributed by atoms with Crippen LogP contribution in [0.25, 0.3) is 0 Å². The highest BCUT2D eigenvalue weighted by atomic mass is 16.5. The zero-order chi connectivity index (χ0) is 12.0. The second-order valence-corrected chi connectivity index (χ2v) is 3.38. The van der Waals surface area contributed by atoms with Gasteiger partial charge in [-0.3, -0.25) is 0 Å². The van der Waals surface area contributed by atoms with E-state index in [2.05, 4.69) is 5.32 Å². The van der Waals surface area contributed by atoms with Gasteiger partial charge in [-0.15, -0.1) is 0 Å². The Kier molecular flexibility index (Phi) is 5.08. The molecule has 16 heavy (non-hydrogen) atoms. The molecular weight excluding hydrogens is 206 g/mol. The minimum Gasteiger partial charge on any atom is -0.493 e. The Hall–Kier alpha value is -1.26. The van der Waals surface area contributed by atoms with Crippen molar-refractivity contribution in [3.63, 3.8) is 0 Å². The molecule has 1 rings (SSSR count). The Morgan fingerprint density at radius 3 is 2.56 bits per heavy atom. The number of para-hydroxylation sites is 1. The molecule has 0 aromatic heterocycles. The summed E-state index contributed by atoms with van der Waals surface area (Å²) < 4.78 is 10.5. The number of likely N-dealkylation sites (N-methyl/N-ethyl adjacent to an activating group) is 1. The Morgan fingerprint density at radius 1 is 1.31 bits per heavy atom. The van der Waals surface area contributed by atoms with Gasteiger partial charge in [-0.1, -0.05) is 19.1 Å². The lowest BCUT2D eigenvalue weighted by Gasteiger charge is -2.19. The van der Waals surface area contributed by atoms with E-state index in [0.717, 1.165) is 12.1 Å². The molecule has 1 aromatic rings. The lowest BCUT2D eigenvalue weighted by Crippen LogP contribution is -2.24. The maximum absolute atomic E-state index is 9.34. The lowest BCUT2D eigenvalue weighted by atomic mass is 10.1. The van der Waals surface area contributed by atoms with E-state index in [0.29, 0.717) is 11.5 Å². The van der Waals surface area contributed by atoms with Gasteiger partial charge >= 0.3 is 0 Å². The van der Waals surface area contributed by atoms with Crippen LogP contribution in [0.3, 0.4) is 0 Å². The van der Waals surface area contributed by atoms with Crippen LogP contribution in [0.2, 0.25) is 0 Å². The molecule has 0 bridgehead atoms. The molecule has 0 fully saturated rings. The number of benzene rings is 1. The number of ether oxygens (including phenoxy) is 2. The Labute approximate surface area is 96.2 Å². The van der Waals surface area contributed by atoms with Gasteiger partial charge in [0.05, 0.1) is 26.9 Å². The number of hydrogen-bond acceptors (Lipinski definition) is 4. The summed E-state index contributed by atoms with van der Waals surface area (Å²) in [4.78, 5) is 0. The van der Waals surface area contributed by atoms with Gasteiger partial charge in [-0.05, 0) is 12.6 Å². The first-order valence-corrected chi connectivity index (χ1v) is 5.33. The van der Waals surface area contributed by atoms with Crippen LogP contribution in [0.15, 0.2) is 18.2 Å². The van der Waals surface area contributed by atoms with Gasteiger partial charge in [-0.2, -0.15) is 0 Å². The molecule has 0 aliphatic heterocycles. The molecule has 2 N–H and O–H groups in total. The number of hydrogen-bond donors (Lipinski definition) is 2. The second kappa shape index (κ2) is 6.35. The van der Waals surface area contributed by atoms with Gasteiger partial charge in [-0.25, -0.2) is 0 Å². The summed E-state index contributed by atoms with van der Waals surface area (Å²) in [6, 6.07) is 5.51. The van der Waals surface area contributed by atoms with E-state index >= 15 is 0 Å². The van der Waals surface area contributed by atoms with Crippen LogP contribution in [0.1, 0.15) is 18.5 Å². The minimum atomic E-state index is -0.130. The van der Waals surface area contributed by atoms with Crippen LogP contribution in [0.4, 0.5) is 0 Å². The molecule has 0 saturated carbocycles. The van der Waals surface area contributed by atoms with Crippen LogP contribution in [0, 0.1) is 0 Å². The van der Waals surface area contributed by atoms with E-state index in [9.17, 15) is 5.11 Å². The van der Waals surface area contributed by atoms with Crippen molar-refractivity contribution in [1.29, 1.82) is 0 Å². The highest BCUT2D eigenvalue weighted by molar-refractivity contribution is 5.48. The summed E-state index contributed by atoms with van der Waals surface area (Å²) in [5.74, 6) is 1.35. The fourth-order valence-corrected chi connectivity index (χ4v) is 1.71. The van der Waals surface area contributed by atoms with Crippen LogP contribution in [-0.4, -0.2) is 32.5 Å². The van der Waals surface area contributed by atoms with Crippen molar-refractivity contribution in [3.05, 3.63) is 23.8 Å². The maximum Gasteiger partial charge on any atom is 0.165 e. The molecule has 90 valence electrons. The van der Waals surface area contributed by atoms with Crippen molar-refractivity contribution in [2.75, 3.05) is 27.4 Å². The number of nitrogens with one attached hydrogen (secondary N) is 1. The number of methoxy groups -OCH3 is 2. The molecule has 0 radical (unpaired) electrons. The van der Waals surface area contributed by atoms with Crippen molar-refractivity contribution < 1.29 is 14.6 Å². The summed E-state index contributed by atoms with van der Waals surface area (Å²) in [6.07, 6.45) is 0. The summed E-state index contributed by atoms with van der Waals surface area (Å²) >= 11 is 0. The molecule has 1 aromatic carbocycles. The fourth-order valence-electron chi connectivity index (χ4n) is 1.71. The van der Waals surface area contributed by atoms with Gasteiger partial charge in [0.1, 0.15) is 0 Å². The highest BCUT2D eigenvalue weighted by Gasteiger charge is 2.17. The molecule has 4 nitrogen and oxygen atoms in total. The van der Waals surface area contributed by atoms with E-state index in [-0.39, 0.29) is 12.6 Å². The predicted octanol–water partition coefficient (Wildman–Crippen LogP) is 1.35. The largest absolute Gasteiger partial charge is 0.493 e. The zero-order valence-electron chi connectivity index (χ0n) is 9.99. The third-order valence-electron chi connectivity index (χ3n) is 2.44. The molecule has 0 heterocycles. The Bertz CT molecular complexity index is 328. The second-order valence-electron chi connectivity index (χ2n) is 3.38. The molecule has 0 amide bonds. The van der Waals surface area contributed by atoms with Crippen LogP contribution in [-0.2, 0) is 0 Å². The molecule has 0 saturated heterocycles. The summed E-state index contributed by atoms with van der Waals surface area (Å²) in [5.41, 5.74) is 0.909. The first-order chi connectivity index (χ1) is 7.78. The van der Waals surface area contributed by atoms with Gasteiger partial charge < -0.3 is 19.9 Å². The average Bonchev–Trinajstić information content (AvgIpc) is 2.34. The first kappa shape index (κ1) is 12.8. The summed E-state index contributed by atoms with van der Waals surface area (Å²) in [6.45, 7) is 2.80. The number of aliphatic hydroxyl groups is 1. The molecule has 1 unspecified atom stereocenters. The zero-order valence-corrected chi connectivity index (χ0v) is 9.99. The maximum atomic E-state index is 9.34. The van der Waals surface area contributed by atoms with Crippen LogP contribution in [0.5, 0.6) is 11.5 Å². The quantitative estimate of drug-likeness (QED) is 0.767. The number of aliphatic hydroxyl groups excluding tert-OH is 1. The topological polar surface area (TPSA) is 50.7 Å². The molecule has 0 spiro atoms. The first-order valence-electron chi connectivity index (χ1n) is 5.33. The standard InChI is InChI=1S/C12H19NO3/c1-4-13-10(8-14)9-6-5-7-11(15-2)12(9)16-3/h5-7,10,13-14H,4,8H2,1-3H3. The van der Waals surface area contributed by atoms with E-state index in [4.69, 9.17) is 9.47 Å². The van der Waals surface area contributed by atoms with Crippen LogP contribution >= 0.6 is 0 Å². The Morgan fingerprint density at radius 2 is 2.06 bits per heavy atom. The van der Waals surface area contributed by atoms with E-state index in [1.807, 2.05) is 25.1 Å². The summed E-state index contributed by atoms with van der Waals surface area (Å²) in [5, 5.41) is 12.5. The highest BCUT2D eigenvalue weighted by Crippen LogP contribution is 2.34. The van der Waals surface area contributed by atoms with Gasteiger partial charge in [0.15, 0.2) is 11.5 Å². The molecule has 4 heteroatoms. The summed E-state index contributed by atoms with van der Waals surface area (Å²) in [7, 11) is 3.20. The van der Waals surface area contributed by atoms with Crippen molar-refractivity contribution in [3.8, 4) is 11.5 Å². The lowest BCUT2D eigenvalue weighted by molar-refractivity contribution is 0.241. The van der Waals surface area contributed by atoms with E-state index < -0.39 is 0 Å². The fraction of sp³-hybridized carbons (Fsp3) is 0.500. The van der Waals surface area contributed by atoms with Crippen LogP contribution < -0.4 is 14.8 Å². The van der Waals surface area contributed by atoms with E-state index in [1.54, 1.807) is 14.2 Å². The van der Waals surface area contributed by atoms with Crippen molar-refractivity contribution in [1.82, 2.24) is 5.32 Å². The minimum absolute atomic E-state index is 0.0252. The number of rotatable bonds is 6. The molecule has 1 atom stereocenters. The van der Waals surface area contributed by atoms with Gasteiger partial charge in [0, 0.05) is 5.56 Å². The van der Waals surface area contributed by atoms with Gasteiger partial charge in [0.2, 0.25) is 0 Å². The van der Waals surface area contributed by atoms with E-state index in [1.165, 1.54) is 0 Å². The van der Waals surface area contributed by atoms with Crippen molar-refractivity contribution in [2.45, 2.75) is 13.0 Å². The van der Waals surface area contributed by atoms with Crippen molar-refractivity contribution in [2.24, 2.45) is 0 Å². The molecule has 0 aliphatic rings. The monoisotopic (exact) mass is 225 g/mol. The third kappa shape index (κ3) is 2.65. The predicted molar refractivity (Wildman–Crippen MR) is 63.0 cm³/mol. The smallest absolute Gasteiger partial charge is 0.165 e. The molecule has 0 aliphatic carbocycles. The SMILES string of the molecule is CCNC(CO)c1cccc(OC)c1OC.